The van der Waals surface area contributed by atoms with Crippen molar-refractivity contribution in [2.45, 2.75) is 20.8 Å². The molecule has 0 fully saturated rings. The van der Waals surface area contributed by atoms with Gasteiger partial charge in [0.2, 0.25) is 0 Å². The van der Waals surface area contributed by atoms with E-state index in [0.29, 0.717) is 23.6 Å². The van der Waals surface area contributed by atoms with E-state index in [0.717, 1.165) is 0 Å². The van der Waals surface area contributed by atoms with Gasteiger partial charge in [-0.25, -0.2) is 0 Å². The van der Waals surface area contributed by atoms with E-state index in [1.807, 2.05) is 13.8 Å². The Morgan fingerprint density at radius 3 is 2.65 bits per heavy atom. The lowest BCUT2D eigenvalue weighted by Crippen LogP contribution is -2.28. The maximum Gasteiger partial charge on any atom is 0.273 e. The highest BCUT2D eigenvalue weighted by atomic mass is 16.6. The van der Waals surface area contributed by atoms with E-state index < -0.39 is 4.92 Å². The molecule has 0 unspecified atom stereocenters. The number of nitrogens with zero attached hydrogens (tertiary/aromatic N) is 1. The van der Waals surface area contributed by atoms with Crippen LogP contribution in [0.15, 0.2) is 18.2 Å². The first kappa shape index (κ1) is 13.2. The lowest BCUT2D eigenvalue weighted by Gasteiger charge is -2.09. The molecule has 92 valence electrons. The van der Waals surface area contributed by atoms with E-state index in [9.17, 15) is 14.9 Å². The van der Waals surface area contributed by atoms with Gasteiger partial charge in [-0.2, -0.15) is 0 Å². The smallest absolute Gasteiger partial charge is 0.273 e. The van der Waals surface area contributed by atoms with Crippen LogP contribution in [-0.4, -0.2) is 17.4 Å². The van der Waals surface area contributed by atoms with Gasteiger partial charge >= 0.3 is 0 Å². The Labute approximate surface area is 100.0 Å². The molecule has 0 aliphatic rings. The fraction of sp³-hybridized carbons (Fsp3) is 0.417. The number of nitro benzene ring substituents is 1. The molecule has 0 radical (unpaired) electrons. The van der Waals surface area contributed by atoms with Crippen LogP contribution in [0.1, 0.15) is 29.8 Å². The average molecular weight is 236 g/mol. The number of benzene rings is 1. The van der Waals surface area contributed by atoms with Gasteiger partial charge in [-0.3, -0.25) is 14.9 Å². The molecule has 1 aromatic carbocycles. The summed E-state index contributed by atoms with van der Waals surface area (Å²) in [6, 6.07) is 4.52. The highest BCUT2D eigenvalue weighted by molar-refractivity contribution is 5.96. The van der Waals surface area contributed by atoms with Crippen LogP contribution in [0.25, 0.3) is 0 Å². The molecule has 0 saturated heterocycles. The Bertz CT molecular complexity index is 441. The first-order valence-electron chi connectivity index (χ1n) is 5.45. The molecule has 1 rings (SSSR count). The molecule has 0 aliphatic heterocycles. The summed E-state index contributed by atoms with van der Waals surface area (Å²) in [5.74, 6) is 0.0813. The zero-order valence-corrected chi connectivity index (χ0v) is 10.2. The summed E-state index contributed by atoms with van der Waals surface area (Å²) in [5, 5.41) is 13.5. The number of hydrogen-bond donors (Lipinski definition) is 1. The zero-order chi connectivity index (χ0) is 13.0. The van der Waals surface area contributed by atoms with Crippen molar-refractivity contribution < 1.29 is 9.72 Å². The number of hydrogen-bond acceptors (Lipinski definition) is 3. The first-order valence-corrected chi connectivity index (χ1v) is 5.45. The number of carbonyl (C=O) groups excluding carboxylic acids is 1. The highest BCUT2D eigenvalue weighted by Crippen LogP contribution is 2.20. The molecule has 17 heavy (non-hydrogen) atoms. The fourth-order valence-electron chi connectivity index (χ4n) is 1.46. The normalized spacial score (nSPS) is 10.4. The van der Waals surface area contributed by atoms with Gasteiger partial charge < -0.3 is 5.32 Å². The maximum absolute atomic E-state index is 11.8. The van der Waals surface area contributed by atoms with Gasteiger partial charge in [0, 0.05) is 23.7 Å². The molecule has 0 heterocycles. The lowest BCUT2D eigenvalue weighted by atomic mass is 10.1. The summed E-state index contributed by atoms with van der Waals surface area (Å²) in [7, 11) is 0. The Hall–Kier alpha value is -1.91. The number of amides is 1. The molecular formula is C12H16N2O3. The van der Waals surface area contributed by atoms with Crippen molar-refractivity contribution in [1.82, 2.24) is 5.32 Å². The topological polar surface area (TPSA) is 72.2 Å². The molecule has 0 bridgehead atoms. The number of carbonyl (C=O) groups is 1. The summed E-state index contributed by atoms with van der Waals surface area (Å²) >= 11 is 0. The third-order valence-electron chi connectivity index (χ3n) is 2.42. The first-order chi connectivity index (χ1) is 7.93. The van der Waals surface area contributed by atoms with E-state index in [1.165, 1.54) is 12.1 Å². The van der Waals surface area contributed by atoms with Crippen LogP contribution < -0.4 is 5.32 Å². The SMILES string of the molecule is Cc1c(C(=O)NCC(C)C)cccc1[N+](=O)[O-]. The number of rotatable bonds is 4. The highest BCUT2D eigenvalue weighted by Gasteiger charge is 2.17. The van der Waals surface area contributed by atoms with Crippen molar-refractivity contribution in [3.05, 3.63) is 39.4 Å². The Morgan fingerprint density at radius 2 is 2.12 bits per heavy atom. The standard InChI is InChI=1S/C12H16N2O3/c1-8(2)7-13-12(15)10-5-4-6-11(9(10)3)14(16)17/h4-6,8H,7H2,1-3H3,(H,13,15). The van der Waals surface area contributed by atoms with Gasteiger partial charge in [-0.05, 0) is 18.9 Å². The molecule has 5 nitrogen and oxygen atoms in total. The van der Waals surface area contributed by atoms with Crippen molar-refractivity contribution in [2.75, 3.05) is 6.54 Å². The van der Waals surface area contributed by atoms with Crippen molar-refractivity contribution in [3.63, 3.8) is 0 Å². The third kappa shape index (κ3) is 3.27. The molecule has 0 aromatic heterocycles. The minimum Gasteiger partial charge on any atom is -0.352 e. The van der Waals surface area contributed by atoms with Crippen molar-refractivity contribution in [1.29, 1.82) is 0 Å². The Kier molecular flexibility index (Phi) is 4.20. The monoisotopic (exact) mass is 236 g/mol. The second kappa shape index (κ2) is 5.43. The molecule has 1 N–H and O–H groups in total. The van der Waals surface area contributed by atoms with Crippen molar-refractivity contribution in [3.8, 4) is 0 Å². The second-order valence-electron chi connectivity index (χ2n) is 4.31. The van der Waals surface area contributed by atoms with E-state index in [-0.39, 0.29) is 11.6 Å². The molecule has 5 heteroatoms. The van der Waals surface area contributed by atoms with Crippen LogP contribution in [-0.2, 0) is 0 Å². The van der Waals surface area contributed by atoms with Crippen LogP contribution >= 0.6 is 0 Å². The van der Waals surface area contributed by atoms with Gasteiger partial charge in [0.25, 0.3) is 11.6 Å². The van der Waals surface area contributed by atoms with Gasteiger partial charge in [-0.1, -0.05) is 19.9 Å². The molecule has 1 amide bonds. The summed E-state index contributed by atoms with van der Waals surface area (Å²) in [6.07, 6.45) is 0. The molecule has 0 atom stereocenters. The van der Waals surface area contributed by atoms with E-state index >= 15 is 0 Å². The predicted octanol–water partition coefficient (Wildman–Crippen LogP) is 2.29. The quantitative estimate of drug-likeness (QED) is 0.644. The Morgan fingerprint density at radius 1 is 1.47 bits per heavy atom. The minimum absolute atomic E-state index is 0.0257. The molecule has 0 spiro atoms. The van der Waals surface area contributed by atoms with Gasteiger partial charge in [0.1, 0.15) is 0 Å². The average Bonchev–Trinajstić information content (AvgIpc) is 2.25. The van der Waals surface area contributed by atoms with E-state index in [4.69, 9.17) is 0 Å². The minimum atomic E-state index is -0.478. The van der Waals surface area contributed by atoms with Crippen LogP contribution in [0, 0.1) is 23.0 Å². The lowest BCUT2D eigenvalue weighted by molar-refractivity contribution is -0.385. The number of nitrogens with one attached hydrogen (secondary N) is 1. The van der Waals surface area contributed by atoms with E-state index in [2.05, 4.69) is 5.32 Å². The molecule has 0 aliphatic carbocycles. The molecular weight excluding hydrogens is 220 g/mol. The fourth-order valence-corrected chi connectivity index (χ4v) is 1.46. The van der Waals surface area contributed by atoms with Crippen LogP contribution in [0.4, 0.5) is 5.69 Å². The molecule has 1 aromatic rings. The van der Waals surface area contributed by atoms with Crippen LogP contribution in [0.5, 0.6) is 0 Å². The second-order valence-corrected chi connectivity index (χ2v) is 4.31. The summed E-state index contributed by atoms with van der Waals surface area (Å²) in [6.45, 7) is 6.12. The van der Waals surface area contributed by atoms with E-state index in [1.54, 1.807) is 13.0 Å². The summed E-state index contributed by atoms with van der Waals surface area (Å²) in [5.41, 5.74) is 0.737. The van der Waals surface area contributed by atoms with Crippen molar-refractivity contribution in [2.24, 2.45) is 5.92 Å². The zero-order valence-electron chi connectivity index (χ0n) is 10.2. The molecule has 0 saturated carbocycles. The van der Waals surface area contributed by atoms with Crippen molar-refractivity contribution >= 4 is 11.6 Å². The van der Waals surface area contributed by atoms with Gasteiger partial charge in [0.05, 0.1) is 4.92 Å². The maximum atomic E-state index is 11.8. The predicted molar refractivity (Wildman–Crippen MR) is 65.0 cm³/mol. The summed E-state index contributed by atoms with van der Waals surface area (Å²) < 4.78 is 0. The summed E-state index contributed by atoms with van der Waals surface area (Å²) in [4.78, 5) is 22.1. The Balaban J connectivity index is 2.95. The van der Waals surface area contributed by atoms with Crippen LogP contribution in [0.3, 0.4) is 0 Å². The third-order valence-corrected chi connectivity index (χ3v) is 2.42. The largest absolute Gasteiger partial charge is 0.352 e. The van der Waals surface area contributed by atoms with Gasteiger partial charge in [-0.15, -0.1) is 0 Å². The van der Waals surface area contributed by atoms with Crippen LogP contribution in [0.2, 0.25) is 0 Å². The number of nitro groups is 1. The van der Waals surface area contributed by atoms with Gasteiger partial charge in [0.15, 0.2) is 0 Å².